The summed E-state index contributed by atoms with van der Waals surface area (Å²) >= 11 is 0. The Morgan fingerprint density at radius 1 is 1.21 bits per heavy atom. The van der Waals surface area contributed by atoms with Crippen LogP contribution in [0.5, 0.6) is 0 Å². The Labute approximate surface area is 117 Å². The van der Waals surface area contributed by atoms with E-state index in [1.807, 2.05) is 30.3 Å². The average Bonchev–Trinajstić information content (AvgIpc) is 2.93. The van der Waals surface area contributed by atoms with Gasteiger partial charge in [0.05, 0.1) is 6.10 Å². The molecule has 2 rings (SSSR count). The van der Waals surface area contributed by atoms with Crippen LogP contribution >= 0.6 is 0 Å². The van der Waals surface area contributed by atoms with Crippen LogP contribution in [0.4, 0.5) is 0 Å². The molecule has 1 aromatic rings. The largest absolute Gasteiger partial charge is 0.387 e. The average molecular weight is 261 g/mol. The zero-order valence-corrected chi connectivity index (χ0v) is 12.3. The number of hydrogen-bond donors (Lipinski definition) is 1. The molecular weight excluding hydrogens is 234 g/mol. The van der Waals surface area contributed by atoms with Crippen LogP contribution in [0.3, 0.4) is 0 Å². The smallest absolute Gasteiger partial charge is 0.0944 e. The van der Waals surface area contributed by atoms with Crippen molar-refractivity contribution in [3.8, 4) is 0 Å². The second-order valence-corrected chi connectivity index (χ2v) is 5.92. The Kier molecular flexibility index (Phi) is 5.41. The molecule has 106 valence electrons. The topological polar surface area (TPSA) is 23.5 Å². The van der Waals surface area contributed by atoms with E-state index in [1.54, 1.807) is 0 Å². The summed E-state index contributed by atoms with van der Waals surface area (Å²) in [6.45, 7) is 3.30. The van der Waals surface area contributed by atoms with Gasteiger partial charge in [0.2, 0.25) is 0 Å². The van der Waals surface area contributed by atoms with Crippen LogP contribution in [0.25, 0.3) is 0 Å². The van der Waals surface area contributed by atoms with E-state index in [-0.39, 0.29) is 12.1 Å². The molecule has 0 heterocycles. The van der Waals surface area contributed by atoms with E-state index in [0.717, 1.165) is 24.4 Å². The number of nitrogens with zero attached hydrogens (tertiary/aromatic N) is 1. The van der Waals surface area contributed by atoms with Gasteiger partial charge in [0.1, 0.15) is 0 Å². The summed E-state index contributed by atoms with van der Waals surface area (Å²) in [7, 11) is 2.17. The Hall–Kier alpha value is -0.860. The van der Waals surface area contributed by atoms with Crippen molar-refractivity contribution >= 4 is 0 Å². The molecule has 1 saturated carbocycles. The SMILES string of the molecule is CCC(C(O)c1ccccc1)N(C)CC1CCCC1. The van der Waals surface area contributed by atoms with Gasteiger partial charge in [0.15, 0.2) is 0 Å². The Morgan fingerprint density at radius 2 is 1.84 bits per heavy atom. The molecule has 1 aliphatic carbocycles. The molecule has 0 saturated heterocycles. The third-order valence-corrected chi connectivity index (χ3v) is 4.51. The number of aliphatic hydroxyl groups is 1. The van der Waals surface area contributed by atoms with Crippen LogP contribution in [0, 0.1) is 5.92 Å². The molecule has 2 heteroatoms. The lowest BCUT2D eigenvalue weighted by Gasteiger charge is -2.33. The maximum absolute atomic E-state index is 10.6. The minimum absolute atomic E-state index is 0.225. The Morgan fingerprint density at radius 3 is 2.42 bits per heavy atom. The maximum Gasteiger partial charge on any atom is 0.0944 e. The second-order valence-electron chi connectivity index (χ2n) is 5.92. The molecule has 1 fully saturated rings. The van der Waals surface area contributed by atoms with Crippen LogP contribution in [0.2, 0.25) is 0 Å². The lowest BCUT2D eigenvalue weighted by Crippen LogP contribution is -2.39. The van der Waals surface area contributed by atoms with Gasteiger partial charge < -0.3 is 10.0 Å². The summed E-state index contributed by atoms with van der Waals surface area (Å²) in [5, 5.41) is 10.6. The van der Waals surface area contributed by atoms with Gasteiger partial charge in [-0.05, 0) is 37.8 Å². The summed E-state index contributed by atoms with van der Waals surface area (Å²) in [6, 6.07) is 10.3. The van der Waals surface area contributed by atoms with Gasteiger partial charge in [0.25, 0.3) is 0 Å². The van der Waals surface area contributed by atoms with Crippen LogP contribution in [-0.4, -0.2) is 29.6 Å². The molecule has 0 spiro atoms. The first-order valence-electron chi connectivity index (χ1n) is 7.65. The number of benzene rings is 1. The van der Waals surface area contributed by atoms with Gasteiger partial charge in [-0.1, -0.05) is 50.1 Å². The first-order chi connectivity index (χ1) is 9.22. The zero-order valence-electron chi connectivity index (χ0n) is 12.3. The first-order valence-corrected chi connectivity index (χ1v) is 7.65. The van der Waals surface area contributed by atoms with Crippen molar-refractivity contribution < 1.29 is 5.11 Å². The molecule has 2 atom stereocenters. The fraction of sp³-hybridized carbons (Fsp3) is 0.647. The van der Waals surface area contributed by atoms with Gasteiger partial charge >= 0.3 is 0 Å². The van der Waals surface area contributed by atoms with Crippen LogP contribution in [0.1, 0.15) is 50.7 Å². The Balaban J connectivity index is 1.97. The predicted molar refractivity (Wildman–Crippen MR) is 80.1 cm³/mol. The second kappa shape index (κ2) is 7.06. The summed E-state index contributed by atoms with van der Waals surface area (Å²) in [5.74, 6) is 0.835. The van der Waals surface area contributed by atoms with E-state index < -0.39 is 0 Å². The highest BCUT2D eigenvalue weighted by Gasteiger charge is 2.26. The predicted octanol–water partition coefficient (Wildman–Crippen LogP) is 3.62. The summed E-state index contributed by atoms with van der Waals surface area (Å²) in [5.41, 5.74) is 1.03. The van der Waals surface area contributed by atoms with Gasteiger partial charge in [-0.3, -0.25) is 0 Å². The lowest BCUT2D eigenvalue weighted by atomic mass is 9.97. The normalized spacial score (nSPS) is 19.8. The van der Waals surface area contributed by atoms with E-state index >= 15 is 0 Å². The third-order valence-electron chi connectivity index (χ3n) is 4.51. The van der Waals surface area contributed by atoms with Crippen molar-refractivity contribution in [2.24, 2.45) is 5.92 Å². The van der Waals surface area contributed by atoms with Crippen molar-refractivity contribution in [2.45, 2.75) is 51.2 Å². The van der Waals surface area contributed by atoms with E-state index in [0.29, 0.717) is 0 Å². The van der Waals surface area contributed by atoms with Crippen molar-refractivity contribution in [3.05, 3.63) is 35.9 Å². The minimum Gasteiger partial charge on any atom is -0.387 e. The van der Waals surface area contributed by atoms with Crippen molar-refractivity contribution in [2.75, 3.05) is 13.6 Å². The molecule has 0 aromatic heterocycles. The molecule has 1 aliphatic rings. The zero-order chi connectivity index (χ0) is 13.7. The van der Waals surface area contributed by atoms with Gasteiger partial charge in [-0.15, -0.1) is 0 Å². The number of likely N-dealkylation sites (N-methyl/N-ethyl adjacent to an activating group) is 1. The van der Waals surface area contributed by atoms with Crippen LogP contribution in [-0.2, 0) is 0 Å². The fourth-order valence-corrected chi connectivity index (χ4v) is 3.38. The lowest BCUT2D eigenvalue weighted by molar-refractivity contribution is 0.0524. The van der Waals surface area contributed by atoms with E-state index in [2.05, 4.69) is 18.9 Å². The van der Waals surface area contributed by atoms with Gasteiger partial charge in [-0.2, -0.15) is 0 Å². The highest BCUT2D eigenvalue weighted by atomic mass is 16.3. The van der Waals surface area contributed by atoms with Crippen molar-refractivity contribution in [1.29, 1.82) is 0 Å². The van der Waals surface area contributed by atoms with Gasteiger partial charge in [-0.25, -0.2) is 0 Å². The number of rotatable bonds is 6. The quantitative estimate of drug-likeness (QED) is 0.845. The molecule has 1 N–H and O–H groups in total. The summed E-state index contributed by atoms with van der Waals surface area (Å²) < 4.78 is 0. The molecular formula is C17H27NO. The molecule has 0 radical (unpaired) electrons. The Bertz CT molecular complexity index is 359. The fourth-order valence-electron chi connectivity index (χ4n) is 3.38. The van der Waals surface area contributed by atoms with Crippen LogP contribution in [0.15, 0.2) is 30.3 Å². The first kappa shape index (κ1) is 14.5. The molecule has 0 amide bonds. The highest BCUT2D eigenvalue weighted by Crippen LogP contribution is 2.28. The van der Waals surface area contributed by atoms with E-state index in [4.69, 9.17) is 0 Å². The molecule has 0 bridgehead atoms. The number of aliphatic hydroxyl groups excluding tert-OH is 1. The van der Waals surface area contributed by atoms with Gasteiger partial charge in [0, 0.05) is 12.6 Å². The molecule has 0 aliphatic heterocycles. The standard InChI is InChI=1S/C17H27NO/c1-3-16(17(19)15-11-5-4-6-12-15)18(2)13-14-9-7-8-10-14/h4-6,11-12,14,16-17,19H,3,7-10,13H2,1-2H3. The summed E-state index contributed by atoms with van der Waals surface area (Å²) in [4.78, 5) is 2.37. The minimum atomic E-state index is -0.377. The van der Waals surface area contributed by atoms with Crippen molar-refractivity contribution in [1.82, 2.24) is 4.90 Å². The molecule has 2 unspecified atom stereocenters. The third kappa shape index (κ3) is 3.80. The van der Waals surface area contributed by atoms with E-state index in [9.17, 15) is 5.11 Å². The monoisotopic (exact) mass is 261 g/mol. The maximum atomic E-state index is 10.6. The summed E-state index contributed by atoms with van der Waals surface area (Å²) in [6.07, 6.45) is 6.11. The van der Waals surface area contributed by atoms with Crippen molar-refractivity contribution in [3.63, 3.8) is 0 Å². The molecule has 19 heavy (non-hydrogen) atoms. The number of hydrogen-bond acceptors (Lipinski definition) is 2. The van der Waals surface area contributed by atoms with Crippen LogP contribution < -0.4 is 0 Å². The highest BCUT2D eigenvalue weighted by molar-refractivity contribution is 5.18. The van der Waals surface area contributed by atoms with E-state index in [1.165, 1.54) is 25.7 Å². The molecule has 1 aromatic carbocycles. The molecule has 2 nitrogen and oxygen atoms in total.